The number of hydrogen-bond donors (Lipinski definition) is 0. The average molecular weight is 326 g/mol. The fourth-order valence-electron chi connectivity index (χ4n) is 2.76. The maximum Gasteiger partial charge on any atom is 0.248 e. The SMILES string of the molecule is Cc1nocc1S(=O)(=O)N1C[C@@H](N(C)C)[C@@H](n2ccnn2)C1. The molecule has 1 aliphatic heterocycles. The second kappa shape index (κ2) is 5.45. The Hall–Kier alpha value is -1.78. The van der Waals surface area contributed by atoms with Crippen LogP contribution in [0.3, 0.4) is 0 Å². The zero-order valence-electron chi connectivity index (χ0n) is 12.6. The van der Waals surface area contributed by atoms with E-state index < -0.39 is 10.0 Å². The molecule has 0 saturated carbocycles. The Kier molecular flexibility index (Phi) is 3.75. The van der Waals surface area contributed by atoms with Crippen LogP contribution in [0, 0.1) is 6.92 Å². The normalized spacial score (nSPS) is 23.5. The van der Waals surface area contributed by atoms with Crippen LogP contribution in [0.5, 0.6) is 0 Å². The number of hydrogen-bond acceptors (Lipinski definition) is 7. The summed E-state index contributed by atoms with van der Waals surface area (Å²) >= 11 is 0. The van der Waals surface area contributed by atoms with Crippen molar-refractivity contribution in [3.8, 4) is 0 Å². The van der Waals surface area contributed by atoms with Crippen molar-refractivity contribution in [1.29, 1.82) is 0 Å². The van der Waals surface area contributed by atoms with E-state index in [2.05, 4.69) is 15.5 Å². The largest absolute Gasteiger partial charge is 0.363 e. The Labute approximate surface area is 128 Å². The lowest BCUT2D eigenvalue weighted by atomic mass is 10.1. The van der Waals surface area contributed by atoms with Gasteiger partial charge in [0.2, 0.25) is 10.0 Å². The first-order valence-electron chi connectivity index (χ1n) is 6.84. The van der Waals surface area contributed by atoms with Gasteiger partial charge in [-0.05, 0) is 21.0 Å². The molecule has 2 atom stereocenters. The van der Waals surface area contributed by atoms with Crippen molar-refractivity contribution in [2.24, 2.45) is 0 Å². The summed E-state index contributed by atoms with van der Waals surface area (Å²) in [5.41, 5.74) is 0.366. The maximum atomic E-state index is 12.8. The topological polar surface area (TPSA) is 97.4 Å². The monoisotopic (exact) mass is 326 g/mol. The number of sulfonamides is 1. The highest BCUT2D eigenvalue weighted by Crippen LogP contribution is 2.30. The minimum atomic E-state index is -3.63. The van der Waals surface area contributed by atoms with Gasteiger partial charge >= 0.3 is 0 Å². The predicted octanol–water partition coefficient (Wildman–Crippen LogP) is -0.250. The molecule has 1 aliphatic rings. The summed E-state index contributed by atoms with van der Waals surface area (Å²) in [6.45, 7) is 2.33. The summed E-state index contributed by atoms with van der Waals surface area (Å²) in [5, 5.41) is 11.5. The molecule has 2 aromatic heterocycles. The number of nitrogens with zero attached hydrogens (tertiary/aromatic N) is 6. The minimum Gasteiger partial charge on any atom is -0.363 e. The Morgan fingerprint density at radius 3 is 2.68 bits per heavy atom. The van der Waals surface area contributed by atoms with Crippen LogP contribution in [0.15, 0.2) is 28.1 Å². The van der Waals surface area contributed by atoms with Crippen LogP contribution in [-0.2, 0) is 10.0 Å². The molecule has 0 amide bonds. The molecule has 0 N–H and O–H groups in total. The van der Waals surface area contributed by atoms with Gasteiger partial charge in [-0.1, -0.05) is 10.4 Å². The van der Waals surface area contributed by atoms with Gasteiger partial charge in [0, 0.05) is 25.3 Å². The third-order valence-electron chi connectivity index (χ3n) is 3.99. The second-order valence-electron chi connectivity index (χ2n) is 5.57. The van der Waals surface area contributed by atoms with E-state index in [1.54, 1.807) is 24.0 Å². The van der Waals surface area contributed by atoms with E-state index >= 15 is 0 Å². The van der Waals surface area contributed by atoms with Crippen molar-refractivity contribution < 1.29 is 12.9 Å². The van der Waals surface area contributed by atoms with Crippen LogP contribution >= 0.6 is 0 Å². The second-order valence-corrected chi connectivity index (χ2v) is 7.47. The van der Waals surface area contributed by atoms with E-state index in [-0.39, 0.29) is 17.0 Å². The predicted molar refractivity (Wildman–Crippen MR) is 76.5 cm³/mol. The van der Waals surface area contributed by atoms with E-state index in [4.69, 9.17) is 4.52 Å². The summed E-state index contributed by atoms with van der Waals surface area (Å²) in [7, 11) is 0.224. The van der Waals surface area contributed by atoms with E-state index in [1.165, 1.54) is 10.6 Å². The minimum absolute atomic E-state index is 0.0108. The summed E-state index contributed by atoms with van der Waals surface area (Å²) in [4.78, 5) is 2.12. The highest BCUT2D eigenvalue weighted by molar-refractivity contribution is 7.89. The highest BCUT2D eigenvalue weighted by atomic mass is 32.2. The molecular weight excluding hydrogens is 308 g/mol. The first kappa shape index (κ1) is 15.1. The van der Waals surface area contributed by atoms with E-state index in [0.717, 1.165) is 0 Å². The van der Waals surface area contributed by atoms with Gasteiger partial charge in [-0.15, -0.1) is 5.10 Å². The quantitative estimate of drug-likeness (QED) is 0.764. The van der Waals surface area contributed by atoms with Crippen LogP contribution in [0.25, 0.3) is 0 Å². The van der Waals surface area contributed by atoms with Crippen molar-refractivity contribution in [3.05, 3.63) is 24.4 Å². The standard InChI is InChI=1S/C12H18N6O3S/c1-9-12(8-21-14-9)22(19,20)17-6-10(16(2)3)11(7-17)18-5-4-13-15-18/h4-5,8,10-11H,6-7H2,1-3H3/t10-,11+/m1/s1. The van der Waals surface area contributed by atoms with Gasteiger partial charge < -0.3 is 9.42 Å². The molecule has 0 bridgehead atoms. The molecule has 0 radical (unpaired) electrons. The molecular formula is C12H18N6O3S. The molecule has 120 valence electrons. The van der Waals surface area contributed by atoms with Crippen molar-refractivity contribution in [1.82, 2.24) is 29.4 Å². The molecule has 22 heavy (non-hydrogen) atoms. The third kappa shape index (κ3) is 2.42. The molecule has 1 fully saturated rings. The highest BCUT2D eigenvalue weighted by Gasteiger charge is 2.42. The van der Waals surface area contributed by atoms with Gasteiger partial charge in [0.15, 0.2) is 0 Å². The zero-order valence-corrected chi connectivity index (χ0v) is 13.4. The van der Waals surface area contributed by atoms with Crippen LogP contribution in [0.2, 0.25) is 0 Å². The third-order valence-corrected chi connectivity index (χ3v) is 5.92. The maximum absolute atomic E-state index is 12.8. The molecule has 10 heteroatoms. The van der Waals surface area contributed by atoms with Gasteiger partial charge in [-0.3, -0.25) is 0 Å². The van der Waals surface area contributed by atoms with Gasteiger partial charge in [0.1, 0.15) is 16.9 Å². The molecule has 0 unspecified atom stereocenters. The van der Waals surface area contributed by atoms with E-state index in [0.29, 0.717) is 18.8 Å². The lowest BCUT2D eigenvalue weighted by molar-refractivity contribution is 0.242. The summed E-state index contributed by atoms with van der Waals surface area (Å²) in [5.74, 6) is 0. The average Bonchev–Trinajstić information content (AvgIpc) is 3.18. The molecule has 3 rings (SSSR count). The van der Waals surface area contributed by atoms with E-state index in [9.17, 15) is 8.42 Å². The molecule has 0 aromatic carbocycles. The van der Waals surface area contributed by atoms with Gasteiger partial charge in [0.25, 0.3) is 0 Å². The fourth-order valence-corrected chi connectivity index (χ4v) is 4.31. The van der Waals surface area contributed by atoms with Gasteiger partial charge in [-0.2, -0.15) is 4.31 Å². The zero-order chi connectivity index (χ0) is 15.9. The number of aromatic nitrogens is 4. The lowest BCUT2D eigenvalue weighted by Gasteiger charge is -2.24. The Bertz CT molecular complexity index is 739. The molecule has 3 heterocycles. The Morgan fingerprint density at radius 1 is 1.36 bits per heavy atom. The summed E-state index contributed by atoms with van der Waals surface area (Å²) in [6, 6.07) is -0.0796. The molecule has 0 spiro atoms. The van der Waals surface area contributed by atoms with Crippen molar-refractivity contribution >= 4 is 10.0 Å². The number of likely N-dealkylation sites (N-methyl/N-ethyl adjacent to an activating group) is 1. The van der Waals surface area contributed by atoms with Crippen LogP contribution in [-0.4, -0.2) is 71.0 Å². The first-order valence-corrected chi connectivity index (χ1v) is 8.28. The summed E-state index contributed by atoms with van der Waals surface area (Å²) in [6.07, 6.45) is 4.52. The van der Waals surface area contributed by atoms with Crippen LogP contribution < -0.4 is 0 Å². The van der Waals surface area contributed by atoms with E-state index in [1.807, 2.05) is 19.0 Å². The lowest BCUT2D eigenvalue weighted by Crippen LogP contribution is -2.37. The summed E-state index contributed by atoms with van der Waals surface area (Å²) < 4.78 is 33.5. The number of aryl methyl sites for hydroxylation is 1. The van der Waals surface area contributed by atoms with Crippen molar-refractivity contribution in [3.63, 3.8) is 0 Å². The Morgan fingerprint density at radius 2 is 2.14 bits per heavy atom. The van der Waals surface area contributed by atoms with Crippen LogP contribution in [0.1, 0.15) is 11.7 Å². The van der Waals surface area contributed by atoms with Crippen molar-refractivity contribution in [2.75, 3.05) is 27.2 Å². The van der Waals surface area contributed by atoms with Crippen LogP contribution in [0.4, 0.5) is 0 Å². The van der Waals surface area contributed by atoms with Gasteiger partial charge in [-0.25, -0.2) is 13.1 Å². The molecule has 0 aliphatic carbocycles. The number of rotatable bonds is 4. The van der Waals surface area contributed by atoms with Gasteiger partial charge in [0.05, 0.1) is 12.2 Å². The Balaban J connectivity index is 1.93. The smallest absolute Gasteiger partial charge is 0.248 e. The fraction of sp³-hybridized carbons (Fsp3) is 0.583. The van der Waals surface area contributed by atoms with Crippen molar-refractivity contribution in [2.45, 2.75) is 23.9 Å². The molecule has 2 aromatic rings. The first-order chi connectivity index (χ1) is 10.4. The molecule has 1 saturated heterocycles. The molecule has 9 nitrogen and oxygen atoms in total.